The summed E-state index contributed by atoms with van der Waals surface area (Å²) < 4.78 is 5.27. The van der Waals surface area contributed by atoms with Gasteiger partial charge in [-0.05, 0) is 26.8 Å². The fraction of sp³-hybridized carbons (Fsp3) is 0.818. The molecule has 2 nitrogen and oxygen atoms in total. The molecule has 1 N–H and O–H groups in total. The Kier molecular flexibility index (Phi) is 9.22. The summed E-state index contributed by atoms with van der Waals surface area (Å²) in [5.41, 5.74) is 0. The minimum Gasteiger partial charge on any atom is -0.501 e. The summed E-state index contributed by atoms with van der Waals surface area (Å²) in [7, 11) is 2.02. The van der Waals surface area contributed by atoms with Crippen molar-refractivity contribution in [3.05, 3.63) is 12.3 Å². The fourth-order valence-corrected chi connectivity index (χ4v) is 1.26. The number of nitrogens with one attached hydrogen (secondary N) is 1. The average molecular weight is 185 g/mol. The zero-order valence-electron chi connectivity index (χ0n) is 9.18. The highest BCUT2D eigenvalue weighted by Gasteiger charge is 2.03. The molecule has 0 spiro atoms. The first-order valence-corrected chi connectivity index (χ1v) is 5.25. The van der Waals surface area contributed by atoms with Gasteiger partial charge in [0.05, 0.1) is 12.9 Å². The molecule has 0 saturated heterocycles. The standard InChI is InChI=1S/C11H23NO/c1-4-6-7-11(12-3)8-10-13-9-5-2/h5,9,11-12H,4,6-8,10H2,1-3H3. The smallest absolute Gasteiger partial charge is 0.0888 e. The van der Waals surface area contributed by atoms with Crippen molar-refractivity contribution < 1.29 is 4.74 Å². The predicted octanol–water partition coefficient (Wildman–Crippen LogP) is 2.70. The van der Waals surface area contributed by atoms with Crippen LogP contribution in [-0.2, 0) is 4.74 Å². The highest BCUT2D eigenvalue weighted by atomic mass is 16.5. The first-order chi connectivity index (χ1) is 6.35. The van der Waals surface area contributed by atoms with Crippen molar-refractivity contribution in [1.82, 2.24) is 5.32 Å². The third kappa shape index (κ3) is 7.85. The van der Waals surface area contributed by atoms with Crippen LogP contribution < -0.4 is 5.32 Å². The SMILES string of the molecule is CC=COCCC(CCCC)NC. The Morgan fingerprint density at radius 3 is 2.69 bits per heavy atom. The molecule has 0 amide bonds. The Bertz CT molecular complexity index is 123. The Morgan fingerprint density at radius 1 is 1.38 bits per heavy atom. The van der Waals surface area contributed by atoms with Crippen LogP contribution in [0.25, 0.3) is 0 Å². The summed E-state index contributed by atoms with van der Waals surface area (Å²) in [6.07, 6.45) is 8.60. The molecule has 0 aliphatic carbocycles. The molecule has 0 bridgehead atoms. The van der Waals surface area contributed by atoms with Crippen molar-refractivity contribution in [2.75, 3.05) is 13.7 Å². The summed E-state index contributed by atoms with van der Waals surface area (Å²) in [5, 5.41) is 3.31. The Hall–Kier alpha value is -0.500. The van der Waals surface area contributed by atoms with Gasteiger partial charge in [0.15, 0.2) is 0 Å². The first kappa shape index (κ1) is 12.5. The van der Waals surface area contributed by atoms with E-state index >= 15 is 0 Å². The van der Waals surface area contributed by atoms with Crippen LogP contribution in [0.2, 0.25) is 0 Å². The highest BCUT2D eigenvalue weighted by Crippen LogP contribution is 2.04. The van der Waals surface area contributed by atoms with E-state index in [1.54, 1.807) is 6.26 Å². The van der Waals surface area contributed by atoms with Gasteiger partial charge in [0.1, 0.15) is 0 Å². The van der Waals surface area contributed by atoms with Crippen molar-refractivity contribution in [2.24, 2.45) is 0 Å². The first-order valence-electron chi connectivity index (χ1n) is 5.25. The molecule has 0 aromatic heterocycles. The second-order valence-corrected chi connectivity index (χ2v) is 3.26. The van der Waals surface area contributed by atoms with Gasteiger partial charge in [0, 0.05) is 6.04 Å². The Labute approximate surface area is 82.4 Å². The van der Waals surface area contributed by atoms with Crippen LogP contribution in [0.15, 0.2) is 12.3 Å². The van der Waals surface area contributed by atoms with E-state index in [0.717, 1.165) is 13.0 Å². The van der Waals surface area contributed by atoms with Crippen LogP contribution in [0.5, 0.6) is 0 Å². The maximum Gasteiger partial charge on any atom is 0.0888 e. The minimum atomic E-state index is 0.616. The van der Waals surface area contributed by atoms with E-state index in [9.17, 15) is 0 Å². The molecular weight excluding hydrogens is 162 g/mol. The zero-order valence-corrected chi connectivity index (χ0v) is 9.18. The molecule has 2 heteroatoms. The van der Waals surface area contributed by atoms with E-state index in [-0.39, 0.29) is 0 Å². The van der Waals surface area contributed by atoms with Crippen LogP contribution in [0.3, 0.4) is 0 Å². The van der Waals surface area contributed by atoms with Crippen molar-refractivity contribution in [2.45, 2.75) is 45.6 Å². The van der Waals surface area contributed by atoms with E-state index in [1.807, 2.05) is 20.0 Å². The number of allylic oxidation sites excluding steroid dienone is 1. The summed E-state index contributed by atoms with van der Waals surface area (Å²) in [4.78, 5) is 0. The maximum absolute atomic E-state index is 5.27. The van der Waals surface area contributed by atoms with E-state index in [1.165, 1.54) is 19.3 Å². The average Bonchev–Trinajstić information content (AvgIpc) is 2.17. The van der Waals surface area contributed by atoms with Crippen LogP contribution in [0.1, 0.15) is 39.5 Å². The van der Waals surface area contributed by atoms with Crippen LogP contribution >= 0.6 is 0 Å². The largest absolute Gasteiger partial charge is 0.501 e. The molecule has 0 radical (unpaired) electrons. The molecule has 0 aliphatic rings. The molecule has 1 atom stereocenters. The van der Waals surface area contributed by atoms with Gasteiger partial charge in [-0.25, -0.2) is 0 Å². The third-order valence-electron chi connectivity index (χ3n) is 2.13. The summed E-state index contributed by atoms with van der Waals surface area (Å²) >= 11 is 0. The van der Waals surface area contributed by atoms with Gasteiger partial charge < -0.3 is 10.1 Å². The fourth-order valence-electron chi connectivity index (χ4n) is 1.26. The van der Waals surface area contributed by atoms with E-state index in [0.29, 0.717) is 6.04 Å². The third-order valence-corrected chi connectivity index (χ3v) is 2.13. The number of ether oxygens (including phenoxy) is 1. The van der Waals surface area contributed by atoms with Gasteiger partial charge in [0.2, 0.25) is 0 Å². The number of rotatable bonds is 8. The van der Waals surface area contributed by atoms with E-state index < -0.39 is 0 Å². The second-order valence-electron chi connectivity index (χ2n) is 3.26. The minimum absolute atomic E-state index is 0.616. The predicted molar refractivity (Wildman–Crippen MR) is 57.8 cm³/mol. The highest BCUT2D eigenvalue weighted by molar-refractivity contribution is 4.68. The molecule has 13 heavy (non-hydrogen) atoms. The Morgan fingerprint density at radius 2 is 2.15 bits per heavy atom. The molecule has 78 valence electrons. The molecule has 0 saturated carbocycles. The van der Waals surface area contributed by atoms with Crippen molar-refractivity contribution in [3.8, 4) is 0 Å². The lowest BCUT2D eigenvalue weighted by Crippen LogP contribution is -2.26. The molecule has 0 aliphatic heterocycles. The molecular formula is C11H23NO. The molecule has 0 aromatic carbocycles. The quantitative estimate of drug-likeness (QED) is 0.464. The molecule has 0 fully saturated rings. The van der Waals surface area contributed by atoms with Crippen molar-refractivity contribution in [3.63, 3.8) is 0 Å². The van der Waals surface area contributed by atoms with Crippen LogP contribution in [-0.4, -0.2) is 19.7 Å². The van der Waals surface area contributed by atoms with Crippen LogP contribution in [0, 0.1) is 0 Å². The zero-order chi connectivity index (χ0) is 9.94. The van der Waals surface area contributed by atoms with Gasteiger partial charge >= 0.3 is 0 Å². The monoisotopic (exact) mass is 185 g/mol. The molecule has 0 heterocycles. The van der Waals surface area contributed by atoms with Gasteiger partial charge in [-0.1, -0.05) is 25.8 Å². The molecule has 0 aromatic rings. The topological polar surface area (TPSA) is 21.3 Å². The molecule has 0 rings (SSSR count). The Balaban J connectivity index is 3.36. The summed E-state index contributed by atoms with van der Waals surface area (Å²) in [5.74, 6) is 0. The van der Waals surface area contributed by atoms with E-state index in [4.69, 9.17) is 4.74 Å². The number of unbranched alkanes of at least 4 members (excludes halogenated alkanes) is 1. The lowest BCUT2D eigenvalue weighted by Gasteiger charge is -2.14. The lowest BCUT2D eigenvalue weighted by molar-refractivity contribution is 0.226. The summed E-state index contributed by atoms with van der Waals surface area (Å²) in [6.45, 7) is 5.01. The number of hydrogen-bond acceptors (Lipinski definition) is 2. The van der Waals surface area contributed by atoms with Crippen molar-refractivity contribution in [1.29, 1.82) is 0 Å². The normalized spacial score (nSPS) is 13.5. The van der Waals surface area contributed by atoms with Crippen molar-refractivity contribution >= 4 is 0 Å². The van der Waals surface area contributed by atoms with Gasteiger partial charge in [-0.2, -0.15) is 0 Å². The van der Waals surface area contributed by atoms with Gasteiger partial charge in [-0.3, -0.25) is 0 Å². The van der Waals surface area contributed by atoms with E-state index in [2.05, 4.69) is 12.2 Å². The molecule has 1 unspecified atom stereocenters. The lowest BCUT2D eigenvalue weighted by atomic mass is 10.1. The maximum atomic E-state index is 5.27. The van der Waals surface area contributed by atoms with Gasteiger partial charge in [-0.15, -0.1) is 0 Å². The summed E-state index contributed by atoms with van der Waals surface area (Å²) in [6, 6.07) is 0.616. The second kappa shape index (κ2) is 9.59. The number of hydrogen-bond donors (Lipinski definition) is 1. The van der Waals surface area contributed by atoms with Crippen LogP contribution in [0.4, 0.5) is 0 Å². The van der Waals surface area contributed by atoms with Gasteiger partial charge in [0.25, 0.3) is 0 Å².